The van der Waals surface area contributed by atoms with Gasteiger partial charge in [-0.1, -0.05) is 0 Å². The summed E-state index contributed by atoms with van der Waals surface area (Å²) in [6.07, 6.45) is 0. The summed E-state index contributed by atoms with van der Waals surface area (Å²) in [7, 11) is 0. The van der Waals surface area contributed by atoms with E-state index in [0.717, 1.165) is 0 Å². The summed E-state index contributed by atoms with van der Waals surface area (Å²) in [5, 5.41) is 0. The molecule has 0 bridgehead atoms. The third-order valence-electron chi connectivity index (χ3n) is 3.12. The Morgan fingerprint density at radius 1 is 0.708 bits per heavy atom. The van der Waals surface area contributed by atoms with E-state index >= 15 is 0 Å². The lowest BCUT2D eigenvalue weighted by Crippen LogP contribution is -2.29. The van der Waals surface area contributed by atoms with Crippen LogP contribution in [-0.2, 0) is 0 Å². The van der Waals surface area contributed by atoms with Gasteiger partial charge in [0.25, 0.3) is 11.8 Å². The monoisotopic (exact) mass is 330 g/mol. The highest BCUT2D eigenvalue weighted by Crippen LogP contribution is 2.14. The van der Waals surface area contributed by atoms with E-state index in [4.69, 9.17) is 21.2 Å². The van der Waals surface area contributed by atoms with Crippen molar-refractivity contribution in [3.05, 3.63) is 59.7 Å². The van der Waals surface area contributed by atoms with E-state index in [9.17, 15) is 9.59 Å². The molecule has 24 heavy (non-hydrogen) atoms. The minimum Gasteiger partial charge on any atom is -0.490 e. The highest BCUT2D eigenvalue weighted by atomic mass is 16.5. The van der Waals surface area contributed by atoms with Crippen molar-refractivity contribution in [1.82, 2.24) is 10.9 Å². The van der Waals surface area contributed by atoms with Crippen molar-refractivity contribution >= 4 is 11.8 Å². The number of amides is 2. The molecule has 0 unspecified atom stereocenters. The van der Waals surface area contributed by atoms with E-state index in [2.05, 4.69) is 10.9 Å². The maximum Gasteiger partial charge on any atom is 0.265 e. The predicted octanol–water partition coefficient (Wildman–Crippen LogP) is 0.351. The van der Waals surface area contributed by atoms with E-state index in [0.29, 0.717) is 35.8 Å². The van der Waals surface area contributed by atoms with Gasteiger partial charge in [0.2, 0.25) is 0 Å². The maximum atomic E-state index is 11.3. The second-order valence-electron chi connectivity index (χ2n) is 4.69. The second kappa shape index (κ2) is 8.51. The van der Waals surface area contributed by atoms with Gasteiger partial charge in [0.1, 0.15) is 24.7 Å². The molecule has 2 aromatic rings. The van der Waals surface area contributed by atoms with Crippen LogP contribution >= 0.6 is 0 Å². The van der Waals surface area contributed by atoms with Gasteiger partial charge in [-0.05, 0) is 48.5 Å². The Hall–Kier alpha value is -3.10. The number of carbonyl (C=O) groups is 2. The number of hydrazine groups is 2. The van der Waals surface area contributed by atoms with Crippen molar-refractivity contribution in [2.45, 2.75) is 0 Å². The Morgan fingerprint density at radius 2 is 1.04 bits per heavy atom. The molecule has 6 N–H and O–H groups in total. The highest BCUT2D eigenvalue weighted by Gasteiger charge is 2.04. The zero-order chi connectivity index (χ0) is 17.4. The van der Waals surface area contributed by atoms with E-state index < -0.39 is 0 Å². The first kappa shape index (κ1) is 17.3. The van der Waals surface area contributed by atoms with Crippen molar-refractivity contribution in [1.29, 1.82) is 0 Å². The van der Waals surface area contributed by atoms with Gasteiger partial charge < -0.3 is 9.47 Å². The van der Waals surface area contributed by atoms with Crippen LogP contribution in [0, 0.1) is 0 Å². The van der Waals surface area contributed by atoms with Crippen LogP contribution in [0.3, 0.4) is 0 Å². The Morgan fingerprint density at radius 3 is 1.33 bits per heavy atom. The Bertz CT molecular complexity index is 625. The predicted molar refractivity (Wildman–Crippen MR) is 87.2 cm³/mol. The fraction of sp³-hybridized carbons (Fsp3) is 0.125. The summed E-state index contributed by atoms with van der Waals surface area (Å²) >= 11 is 0. The first-order valence-electron chi connectivity index (χ1n) is 7.11. The molecule has 0 aliphatic rings. The molecule has 8 nitrogen and oxygen atoms in total. The fourth-order valence-electron chi connectivity index (χ4n) is 1.89. The van der Waals surface area contributed by atoms with Gasteiger partial charge in [-0.3, -0.25) is 20.4 Å². The van der Waals surface area contributed by atoms with E-state index in [1.807, 2.05) is 0 Å². The average Bonchev–Trinajstić information content (AvgIpc) is 2.65. The van der Waals surface area contributed by atoms with Gasteiger partial charge in [0.15, 0.2) is 0 Å². The second-order valence-corrected chi connectivity index (χ2v) is 4.69. The molecule has 0 heterocycles. The molecule has 8 heteroatoms. The molecule has 126 valence electrons. The van der Waals surface area contributed by atoms with Crippen molar-refractivity contribution in [3.8, 4) is 11.5 Å². The first-order valence-corrected chi connectivity index (χ1v) is 7.11. The van der Waals surface area contributed by atoms with Crippen LogP contribution in [0.5, 0.6) is 11.5 Å². The van der Waals surface area contributed by atoms with Crippen LogP contribution in [-0.4, -0.2) is 25.0 Å². The lowest BCUT2D eigenvalue weighted by Gasteiger charge is -2.09. The summed E-state index contributed by atoms with van der Waals surface area (Å²) in [5.74, 6) is 10.6. The molecule has 0 saturated carbocycles. The van der Waals surface area contributed by atoms with E-state index in [-0.39, 0.29) is 11.8 Å². The lowest BCUT2D eigenvalue weighted by molar-refractivity contribution is 0.0945. The van der Waals surface area contributed by atoms with Crippen molar-refractivity contribution in [2.24, 2.45) is 11.7 Å². The van der Waals surface area contributed by atoms with Gasteiger partial charge in [0.05, 0.1) is 0 Å². The first-order chi connectivity index (χ1) is 11.6. The summed E-state index contributed by atoms with van der Waals surface area (Å²) < 4.78 is 11.0. The third kappa shape index (κ3) is 4.70. The number of nitrogens with one attached hydrogen (secondary N) is 2. The number of hydrogen-bond acceptors (Lipinski definition) is 6. The molecule has 0 spiro atoms. The third-order valence-corrected chi connectivity index (χ3v) is 3.12. The number of benzene rings is 2. The highest BCUT2D eigenvalue weighted by molar-refractivity contribution is 5.94. The molecule has 0 radical (unpaired) electrons. The van der Waals surface area contributed by atoms with Crippen LogP contribution in [0.4, 0.5) is 0 Å². The maximum absolute atomic E-state index is 11.3. The topological polar surface area (TPSA) is 129 Å². The van der Waals surface area contributed by atoms with Crippen LogP contribution in [0.2, 0.25) is 0 Å². The molecule has 0 aromatic heterocycles. The molecule has 0 aliphatic carbocycles. The Kier molecular flexibility index (Phi) is 6.12. The summed E-state index contributed by atoms with van der Waals surface area (Å²) in [5.41, 5.74) is 5.00. The van der Waals surface area contributed by atoms with Crippen LogP contribution in [0.15, 0.2) is 48.5 Å². The molecule has 2 amide bonds. The fourth-order valence-corrected chi connectivity index (χ4v) is 1.89. The molecular formula is C16H18N4O4. The number of nitrogen functional groups attached to an aromatic ring is 2. The lowest BCUT2D eigenvalue weighted by atomic mass is 10.2. The molecule has 2 aromatic carbocycles. The van der Waals surface area contributed by atoms with E-state index in [1.165, 1.54) is 0 Å². The molecule has 0 aliphatic heterocycles. The van der Waals surface area contributed by atoms with Crippen molar-refractivity contribution in [3.63, 3.8) is 0 Å². The number of carbonyl (C=O) groups excluding carboxylic acids is 2. The molecule has 0 saturated heterocycles. The zero-order valence-corrected chi connectivity index (χ0v) is 12.8. The molecule has 2 rings (SSSR count). The quantitative estimate of drug-likeness (QED) is 0.251. The molecule has 0 fully saturated rings. The summed E-state index contributed by atoms with van der Waals surface area (Å²) in [6, 6.07) is 13.1. The minimum absolute atomic E-state index is 0.327. The normalized spacial score (nSPS) is 9.92. The van der Waals surface area contributed by atoms with Gasteiger partial charge in [-0.2, -0.15) is 0 Å². The Balaban J connectivity index is 1.76. The van der Waals surface area contributed by atoms with Gasteiger partial charge >= 0.3 is 0 Å². The Labute approximate surface area is 138 Å². The largest absolute Gasteiger partial charge is 0.490 e. The van der Waals surface area contributed by atoms with Crippen molar-refractivity contribution < 1.29 is 19.1 Å². The molecular weight excluding hydrogens is 312 g/mol. The number of nitrogens with two attached hydrogens (primary N) is 2. The smallest absolute Gasteiger partial charge is 0.265 e. The van der Waals surface area contributed by atoms with Gasteiger partial charge in [-0.15, -0.1) is 0 Å². The number of hydrogen-bond donors (Lipinski definition) is 4. The zero-order valence-electron chi connectivity index (χ0n) is 12.8. The summed E-state index contributed by atoms with van der Waals surface area (Å²) in [6.45, 7) is 0.654. The SMILES string of the molecule is NNC(=O)c1ccc(OCCOc2ccc(C(=O)NN)cc2)cc1. The van der Waals surface area contributed by atoms with Crippen LogP contribution < -0.4 is 32.0 Å². The minimum atomic E-state index is -0.364. The van der Waals surface area contributed by atoms with E-state index in [1.54, 1.807) is 48.5 Å². The van der Waals surface area contributed by atoms with Gasteiger partial charge in [-0.25, -0.2) is 11.7 Å². The summed E-state index contributed by atoms with van der Waals surface area (Å²) in [4.78, 5) is 22.6. The number of ether oxygens (including phenoxy) is 2. The van der Waals surface area contributed by atoms with Gasteiger partial charge in [0, 0.05) is 11.1 Å². The average molecular weight is 330 g/mol. The molecule has 0 atom stereocenters. The number of rotatable bonds is 7. The van der Waals surface area contributed by atoms with Crippen LogP contribution in [0.25, 0.3) is 0 Å². The standard InChI is InChI=1S/C16H18N4O4/c17-19-15(21)11-1-5-13(6-2-11)23-9-10-24-14-7-3-12(4-8-14)16(22)20-18/h1-8H,9-10,17-18H2,(H,19,21)(H,20,22). The van der Waals surface area contributed by atoms with Crippen LogP contribution in [0.1, 0.15) is 20.7 Å². The van der Waals surface area contributed by atoms with Crippen molar-refractivity contribution in [2.75, 3.05) is 13.2 Å².